The van der Waals surface area contributed by atoms with E-state index in [1.54, 1.807) is 38.7 Å². The Morgan fingerprint density at radius 2 is 2.00 bits per heavy atom. The molecule has 2 atom stereocenters. The van der Waals surface area contributed by atoms with Gasteiger partial charge >= 0.3 is 6.09 Å². The van der Waals surface area contributed by atoms with Crippen molar-refractivity contribution >= 4 is 39.7 Å². The molecule has 0 aliphatic carbocycles. The van der Waals surface area contributed by atoms with Crippen LogP contribution in [0, 0.1) is 0 Å². The summed E-state index contributed by atoms with van der Waals surface area (Å²) in [6.07, 6.45) is 5.76. The third kappa shape index (κ3) is 6.10. The molecule has 45 heavy (non-hydrogen) atoms. The van der Waals surface area contributed by atoms with Crippen LogP contribution >= 0.6 is 0 Å². The number of likely N-dealkylation sites (tertiary alicyclic amines) is 1. The second-order valence-electron chi connectivity index (χ2n) is 12.2. The van der Waals surface area contributed by atoms with Crippen LogP contribution in [0.1, 0.15) is 40.5 Å². The number of allylic oxidation sites excluding steroid dienone is 1. The van der Waals surface area contributed by atoms with Gasteiger partial charge in [0.05, 0.1) is 18.3 Å². The van der Waals surface area contributed by atoms with Crippen molar-refractivity contribution in [1.29, 1.82) is 0 Å². The molecule has 0 saturated carbocycles. The molecule has 0 spiro atoms. The van der Waals surface area contributed by atoms with Crippen LogP contribution in [0.5, 0.6) is 5.88 Å². The lowest BCUT2D eigenvalue weighted by Gasteiger charge is -2.38. The zero-order valence-corrected chi connectivity index (χ0v) is 26.1. The van der Waals surface area contributed by atoms with Gasteiger partial charge in [-0.15, -0.1) is 6.58 Å². The first kappa shape index (κ1) is 29.9. The summed E-state index contributed by atoms with van der Waals surface area (Å²) in [5.74, 6) is 1.20. The number of hydrogen-bond donors (Lipinski definition) is 1. The minimum Gasteiger partial charge on any atom is -0.474 e. The van der Waals surface area contributed by atoms with Gasteiger partial charge in [-0.25, -0.2) is 19.1 Å². The van der Waals surface area contributed by atoms with E-state index in [0.717, 1.165) is 16.6 Å². The fourth-order valence-corrected chi connectivity index (χ4v) is 5.57. The van der Waals surface area contributed by atoms with E-state index in [4.69, 9.17) is 19.4 Å². The molecule has 4 aromatic heterocycles. The van der Waals surface area contributed by atoms with Crippen molar-refractivity contribution in [2.75, 3.05) is 11.9 Å². The summed E-state index contributed by atoms with van der Waals surface area (Å²) in [5.41, 5.74) is 1.37. The van der Waals surface area contributed by atoms with Gasteiger partial charge in [0.2, 0.25) is 11.8 Å². The number of amides is 1. The first-order valence-electron chi connectivity index (χ1n) is 14.9. The molecule has 1 aliphatic rings. The average Bonchev–Trinajstić information content (AvgIpc) is 3.48. The molecular weight excluding hydrogens is 574 g/mol. The van der Waals surface area contributed by atoms with Crippen LogP contribution in [-0.4, -0.2) is 69.4 Å². The number of benzene rings is 1. The van der Waals surface area contributed by atoms with Gasteiger partial charge in [-0.3, -0.25) is 9.48 Å². The zero-order chi connectivity index (χ0) is 31.9. The van der Waals surface area contributed by atoms with Gasteiger partial charge in [0.25, 0.3) is 5.56 Å². The molecule has 1 aromatic carbocycles. The Bertz CT molecular complexity index is 1950. The van der Waals surface area contributed by atoms with E-state index in [9.17, 15) is 9.59 Å². The summed E-state index contributed by atoms with van der Waals surface area (Å²) in [4.78, 5) is 41.8. The van der Waals surface area contributed by atoms with E-state index >= 15 is 0 Å². The normalized spacial score (nSPS) is 17.0. The lowest BCUT2D eigenvalue weighted by Crippen LogP contribution is -2.49. The SMILES string of the molecule is C=CCn1c(=O)c2cnc(Nc3ccc4c(cnn4C)c3)nc2n1-c1cccc(O[C@H]2CCN(C(=O)OC(C)(C)C)[C@@H](C)C2)n1. The Kier molecular flexibility index (Phi) is 7.77. The van der Waals surface area contributed by atoms with E-state index in [1.165, 1.54) is 10.9 Å². The molecule has 0 unspecified atom stereocenters. The fourth-order valence-electron chi connectivity index (χ4n) is 5.57. The first-order chi connectivity index (χ1) is 21.5. The Balaban J connectivity index is 1.27. The van der Waals surface area contributed by atoms with Gasteiger partial charge in [0.15, 0.2) is 11.5 Å². The van der Waals surface area contributed by atoms with Gasteiger partial charge < -0.3 is 19.7 Å². The van der Waals surface area contributed by atoms with Crippen LogP contribution in [0.15, 0.2) is 66.2 Å². The lowest BCUT2D eigenvalue weighted by atomic mass is 10.0. The molecule has 1 N–H and O–H groups in total. The highest BCUT2D eigenvalue weighted by molar-refractivity contribution is 5.83. The summed E-state index contributed by atoms with van der Waals surface area (Å²) < 4.78 is 16.9. The van der Waals surface area contributed by atoms with E-state index in [1.807, 2.05) is 59.0 Å². The minimum atomic E-state index is -0.556. The number of carbonyl (C=O) groups excluding carboxylic acids is 1. The number of aromatic nitrogens is 7. The van der Waals surface area contributed by atoms with Crippen molar-refractivity contribution in [2.24, 2.45) is 7.05 Å². The Labute approximate surface area is 260 Å². The number of hydrogen-bond acceptors (Lipinski definition) is 9. The largest absolute Gasteiger partial charge is 0.474 e. The maximum Gasteiger partial charge on any atom is 0.410 e. The van der Waals surface area contributed by atoms with Crippen molar-refractivity contribution in [3.05, 3.63) is 71.8 Å². The summed E-state index contributed by atoms with van der Waals surface area (Å²) in [6.45, 7) is 12.2. The molecule has 1 saturated heterocycles. The highest BCUT2D eigenvalue weighted by Gasteiger charge is 2.33. The predicted octanol–water partition coefficient (Wildman–Crippen LogP) is 4.96. The molecule has 1 amide bonds. The van der Waals surface area contributed by atoms with Crippen molar-refractivity contribution < 1.29 is 14.3 Å². The number of aryl methyl sites for hydroxylation is 1. The van der Waals surface area contributed by atoms with E-state index in [2.05, 4.69) is 22.0 Å². The van der Waals surface area contributed by atoms with Crippen LogP contribution in [0.25, 0.3) is 27.8 Å². The number of nitrogens with one attached hydrogen (secondary N) is 1. The molecule has 5 heterocycles. The molecule has 0 radical (unpaired) electrons. The van der Waals surface area contributed by atoms with Crippen molar-refractivity contribution in [1.82, 2.24) is 39.0 Å². The van der Waals surface area contributed by atoms with Crippen LogP contribution in [-0.2, 0) is 18.3 Å². The van der Waals surface area contributed by atoms with Crippen molar-refractivity contribution in [3.63, 3.8) is 0 Å². The third-order valence-electron chi connectivity index (χ3n) is 7.65. The van der Waals surface area contributed by atoms with E-state index in [0.29, 0.717) is 48.1 Å². The number of nitrogens with zero attached hydrogens (tertiary/aromatic N) is 8. The molecule has 1 aliphatic heterocycles. The summed E-state index contributed by atoms with van der Waals surface area (Å²) >= 11 is 0. The number of rotatable bonds is 7. The molecule has 234 valence electrons. The quantitative estimate of drug-likeness (QED) is 0.253. The van der Waals surface area contributed by atoms with Crippen molar-refractivity contribution in [2.45, 2.75) is 64.8 Å². The number of ether oxygens (including phenoxy) is 2. The predicted molar refractivity (Wildman–Crippen MR) is 171 cm³/mol. The number of piperidine rings is 1. The summed E-state index contributed by atoms with van der Waals surface area (Å²) in [7, 11) is 1.89. The molecule has 5 aromatic rings. The highest BCUT2D eigenvalue weighted by atomic mass is 16.6. The smallest absolute Gasteiger partial charge is 0.410 e. The van der Waals surface area contributed by atoms with Crippen LogP contribution < -0.4 is 15.6 Å². The van der Waals surface area contributed by atoms with Crippen molar-refractivity contribution in [3.8, 4) is 11.7 Å². The Hall–Kier alpha value is -5.20. The molecule has 13 heteroatoms. The Morgan fingerprint density at radius 3 is 2.76 bits per heavy atom. The minimum absolute atomic E-state index is 0.0607. The Morgan fingerprint density at radius 1 is 1.18 bits per heavy atom. The maximum absolute atomic E-state index is 13.4. The first-order valence-corrected chi connectivity index (χ1v) is 14.9. The summed E-state index contributed by atoms with van der Waals surface area (Å²) in [6, 6.07) is 11.2. The summed E-state index contributed by atoms with van der Waals surface area (Å²) in [5, 5.41) is 8.87. The fraction of sp³-hybridized carbons (Fsp3) is 0.375. The van der Waals surface area contributed by atoms with Gasteiger partial charge in [-0.05, 0) is 52.0 Å². The number of pyridine rings is 1. The van der Waals surface area contributed by atoms with Crippen LogP contribution in [0.2, 0.25) is 0 Å². The van der Waals surface area contributed by atoms with E-state index in [-0.39, 0.29) is 30.3 Å². The molecule has 1 fully saturated rings. The second kappa shape index (κ2) is 11.7. The van der Waals surface area contributed by atoms with Gasteiger partial charge in [-0.2, -0.15) is 15.1 Å². The number of fused-ring (bicyclic) bond motifs is 2. The second-order valence-corrected chi connectivity index (χ2v) is 12.2. The van der Waals surface area contributed by atoms with Gasteiger partial charge in [-0.1, -0.05) is 12.1 Å². The molecule has 6 rings (SSSR count). The topological polar surface area (TPSA) is 134 Å². The number of anilines is 2. The highest BCUT2D eigenvalue weighted by Crippen LogP contribution is 2.26. The van der Waals surface area contributed by atoms with E-state index < -0.39 is 5.60 Å². The standard InChI is InChI=1S/C32H37N9O4/c1-7-14-40-29(42)24-19-33-30(35-22-11-12-25-21(17-22)18-34-38(25)6)37-28(24)41(40)26-9-8-10-27(36-26)44-23-13-15-39(20(2)16-23)31(43)45-32(3,4)5/h7-12,17-20,23H,1,13-16H2,2-6H3,(H,33,35,37)/t20-,23-/m0/s1. The third-order valence-corrected chi connectivity index (χ3v) is 7.65. The zero-order valence-electron chi connectivity index (χ0n) is 26.1. The monoisotopic (exact) mass is 611 g/mol. The number of carbonyl (C=O) groups is 1. The van der Waals surface area contributed by atoms with Crippen LogP contribution in [0.4, 0.5) is 16.4 Å². The maximum atomic E-state index is 13.4. The van der Waals surface area contributed by atoms with Gasteiger partial charge in [0.1, 0.15) is 17.1 Å². The van der Waals surface area contributed by atoms with Gasteiger partial charge in [0, 0.05) is 55.8 Å². The molecular formula is C32H37N9O4. The molecule has 0 bridgehead atoms. The average molecular weight is 612 g/mol. The van der Waals surface area contributed by atoms with Crippen LogP contribution in [0.3, 0.4) is 0 Å². The lowest BCUT2D eigenvalue weighted by molar-refractivity contribution is -0.00150. The molecule has 13 nitrogen and oxygen atoms in total.